The molecule has 0 amide bonds. The number of hydrogen-bond donors (Lipinski definition) is 0. The molecule has 1 atom stereocenters. The maximum Gasteiger partial charge on any atom is 0.130 e. The second-order valence-corrected chi connectivity index (χ2v) is 8.59. The van der Waals surface area contributed by atoms with Crippen LogP contribution < -0.4 is 0 Å². The third kappa shape index (κ3) is 12.9. The zero-order chi connectivity index (χ0) is 17.3. The summed E-state index contributed by atoms with van der Waals surface area (Å²) < 4.78 is 12.0. The molecule has 0 aliphatic heterocycles. The molecular weight excluding hydrogens is 312 g/mol. The van der Waals surface area contributed by atoms with Crippen LogP contribution in [-0.2, 0) is 16.9 Å². The highest BCUT2D eigenvalue weighted by molar-refractivity contribution is 7.90. The average molecular weight is 351 g/mol. The van der Waals surface area contributed by atoms with Gasteiger partial charge in [-0.2, -0.15) is 0 Å². The standard InChI is InChI=1S/C22H38OS/c1-2-3-4-5-6-7-8-9-10-11-12-13-17-20-24(23)21-22-18-15-14-16-19-22/h14-16,18-19H,2-13,17,20-21H2,1H3. The van der Waals surface area contributed by atoms with Crippen LogP contribution in [0.1, 0.15) is 96.0 Å². The van der Waals surface area contributed by atoms with Gasteiger partial charge in [0.25, 0.3) is 0 Å². The van der Waals surface area contributed by atoms with E-state index >= 15 is 0 Å². The zero-order valence-corrected chi connectivity index (χ0v) is 16.6. The van der Waals surface area contributed by atoms with Crippen molar-refractivity contribution < 1.29 is 4.55 Å². The smallest absolute Gasteiger partial charge is 0.130 e. The van der Waals surface area contributed by atoms with Crippen molar-refractivity contribution in [2.45, 2.75) is 96.1 Å². The molecule has 1 aromatic carbocycles. The first kappa shape index (κ1) is 21.6. The predicted molar refractivity (Wildman–Crippen MR) is 109 cm³/mol. The molecule has 0 heterocycles. The Hall–Kier alpha value is -0.470. The summed E-state index contributed by atoms with van der Waals surface area (Å²) in [7, 11) is 0. The van der Waals surface area contributed by atoms with Crippen LogP contribution in [0.15, 0.2) is 30.3 Å². The Balaban J connectivity index is 1.80. The van der Waals surface area contributed by atoms with Gasteiger partial charge in [-0.05, 0) is 24.0 Å². The minimum absolute atomic E-state index is 0.686. The quantitative estimate of drug-likeness (QED) is 0.232. The lowest BCUT2D eigenvalue weighted by Crippen LogP contribution is -2.09. The number of unbranched alkanes of at least 4 members (excludes halogenated alkanes) is 12. The fourth-order valence-corrected chi connectivity index (χ4v) is 4.35. The van der Waals surface area contributed by atoms with E-state index in [2.05, 4.69) is 19.1 Å². The third-order valence-electron chi connectivity index (χ3n) is 4.65. The Morgan fingerprint density at radius 2 is 1.12 bits per heavy atom. The number of rotatable bonds is 16. The van der Waals surface area contributed by atoms with Crippen LogP contribution in [0.25, 0.3) is 0 Å². The minimum Gasteiger partial charge on any atom is -0.616 e. The molecule has 0 saturated heterocycles. The van der Waals surface area contributed by atoms with Gasteiger partial charge in [-0.25, -0.2) is 0 Å². The summed E-state index contributed by atoms with van der Waals surface area (Å²) in [4.78, 5) is 0. The van der Waals surface area contributed by atoms with Gasteiger partial charge in [0, 0.05) is 5.56 Å². The van der Waals surface area contributed by atoms with Crippen molar-refractivity contribution in [3.63, 3.8) is 0 Å². The summed E-state index contributed by atoms with van der Waals surface area (Å²) in [6.07, 6.45) is 17.8. The molecule has 0 bridgehead atoms. The SMILES string of the molecule is CCCCCCCCCCCCCCC[S+]([O-])Cc1ccccc1. The summed E-state index contributed by atoms with van der Waals surface area (Å²) in [5, 5.41) is 0. The van der Waals surface area contributed by atoms with E-state index in [0.29, 0.717) is 0 Å². The third-order valence-corrected chi connectivity index (χ3v) is 6.05. The summed E-state index contributed by atoms with van der Waals surface area (Å²) in [6.45, 7) is 2.28. The van der Waals surface area contributed by atoms with Crippen LogP contribution in [0.5, 0.6) is 0 Å². The first-order valence-corrected chi connectivity index (χ1v) is 11.7. The van der Waals surface area contributed by atoms with Gasteiger partial charge in [0.1, 0.15) is 11.5 Å². The van der Waals surface area contributed by atoms with Crippen LogP contribution in [0, 0.1) is 0 Å². The highest BCUT2D eigenvalue weighted by Gasteiger charge is 2.06. The van der Waals surface area contributed by atoms with E-state index in [1.54, 1.807) is 0 Å². The van der Waals surface area contributed by atoms with E-state index in [4.69, 9.17) is 0 Å². The Bertz CT molecular complexity index is 365. The van der Waals surface area contributed by atoms with Crippen LogP contribution in [0.3, 0.4) is 0 Å². The van der Waals surface area contributed by atoms with Gasteiger partial charge in [-0.15, -0.1) is 0 Å². The summed E-state index contributed by atoms with van der Waals surface area (Å²) in [6, 6.07) is 10.2. The van der Waals surface area contributed by atoms with Crippen molar-refractivity contribution in [2.24, 2.45) is 0 Å². The zero-order valence-electron chi connectivity index (χ0n) is 15.8. The van der Waals surface area contributed by atoms with E-state index in [9.17, 15) is 4.55 Å². The molecule has 0 radical (unpaired) electrons. The minimum atomic E-state index is -0.686. The van der Waals surface area contributed by atoms with E-state index < -0.39 is 11.2 Å². The number of benzene rings is 1. The fourth-order valence-electron chi connectivity index (χ4n) is 3.11. The normalized spacial score (nSPS) is 12.4. The highest BCUT2D eigenvalue weighted by Crippen LogP contribution is 2.13. The van der Waals surface area contributed by atoms with Gasteiger partial charge in [-0.1, -0.05) is 108 Å². The lowest BCUT2D eigenvalue weighted by Gasteiger charge is -2.10. The average Bonchev–Trinajstić information content (AvgIpc) is 2.60. The molecule has 0 aliphatic carbocycles. The molecule has 138 valence electrons. The molecule has 0 fully saturated rings. The number of hydrogen-bond acceptors (Lipinski definition) is 1. The lowest BCUT2D eigenvalue weighted by atomic mass is 10.1. The first-order chi connectivity index (χ1) is 11.8. The van der Waals surface area contributed by atoms with E-state index in [1.807, 2.05) is 18.2 Å². The van der Waals surface area contributed by atoms with Gasteiger partial charge in [0.15, 0.2) is 0 Å². The Labute approximate surface area is 153 Å². The maximum atomic E-state index is 12.0. The van der Waals surface area contributed by atoms with Crippen molar-refractivity contribution in [3.05, 3.63) is 35.9 Å². The maximum absolute atomic E-state index is 12.0. The molecule has 1 aromatic rings. The van der Waals surface area contributed by atoms with Crippen molar-refractivity contribution in [1.82, 2.24) is 0 Å². The van der Waals surface area contributed by atoms with Crippen molar-refractivity contribution in [3.8, 4) is 0 Å². The van der Waals surface area contributed by atoms with E-state index in [-0.39, 0.29) is 0 Å². The summed E-state index contributed by atoms with van der Waals surface area (Å²) in [5.41, 5.74) is 1.20. The molecular formula is C22H38OS. The van der Waals surface area contributed by atoms with Gasteiger partial charge in [0.05, 0.1) is 0 Å². The monoisotopic (exact) mass is 350 g/mol. The fraction of sp³-hybridized carbons (Fsp3) is 0.727. The highest BCUT2D eigenvalue weighted by atomic mass is 32.2. The van der Waals surface area contributed by atoms with Crippen molar-refractivity contribution >= 4 is 11.2 Å². The lowest BCUT2D eigenvalue weighted by molar-refractivity contribution is 0.541. The van der Waals surface area contributed by atoms with Crippen LogP contribution in [-0.4, -0.2) is 10.3 Å². The molecule has 0 spiro atoms. The molecule has 0 aliphatic rings. The molecule has 0 saturated carbocycles. The molecule has 1 rings (SSSR count). The van der Waals surface area contributed by atoms with Gasteiger partial charge in [-0.3, -0.25) is 0 Å². The predicted octanol–water partition coefficient (Wildman–Crippen LogP) is 7.03. The Morgan fingerprint density at radius 1 is 0.667 bits per heavy atom. The Morgan fingerprint density at radius 3 is 1.62 bits per heavy atom. The molecule has 0 N–H and O–H groups in total. The van der Waals surface area contributed by atoms with Crippen molar-refractivity contribution in [1.29, 1.82) is 0 Å². The molecule has 0 aromatic heterocycles. The van der Waals surface area contributed by atoms with Crippen LogP contribution >= 0.6 is 0 Å². The van der Waals surface area contributed by atoms with Gasteiger partial charge in [0.2, 0.25) is 0 Å². The molecule has 24 heavy (non-hydrogen) atoms. The Kier molecular flexibility index (Phi) is 14.4. The van der Waals surface area contributed by atoms with Crippen molar-refractivity contribution in [2.75, 3.05) is 5.75 Å². The molecule has 1 unspecified atom stereocenters. The molecule has 1 nitrogen and oxygen atoms in total. The van der Waals surface area contributed by atoms with Crippen LogP contribution in [0.2, 0.25) is 0 Å². The summed E-state index contributed by atoms with van der Waals surface area (Å²) in [5.74, 6) is 1.59. The summed E-state index contributed by atoms with van der Waals surface area (Å²) >= 11 is -0.686. The second-order valence-electron chi connectivity index (χ2n) is 7.02. The first-order valence-electron chi connectivity index (χ1n) is 10.2. The second kappa shape index (κ2) is 16.0. The van der Waals surface area contributed by atoms with E-state index in [0.717, 1.165) is 17.9 Å². The topological polar surface area (TPSA) is 23.1 Å². The largest absolute Gasteiger partial charge is 0.616 e. The molecule has 2 heteroatoms. The van der Waals surface area contributed by atoms with Gasteiger partial charge >= 0.3 is 0 Å². The van der Waals surface area contributed by atoms with Gasteiger partial charge < -0.3 is 4.55 Å². The van der Waals surface area contributed by atoms with E-state index in [1.165, 1.54) is 82.6 Å². The van der Waals surface area contributed by atoms with Crippen LogP contribution in [0.4, 0.5) is 0 Å².